The number of carboxylic acid groups (broad SMARTS) is 1. The molecule has 0 radical (unpaired) electrons. The lowest BCUT2D eigenvalue weighted by Gasteiger charge is -2.20. The number of carbonyl (C=O) groups excluding carboxylic acids is 1. The quantitative estimate of drug-likeness (QED) is 0.503. The number of aliphatic carboxylic acids is 1. The van der Waals surface area contributed by atoms with Crippen molar-refractivity contribution in [1.82, 2.24) is 5.32 Å². The second-order valence-electron chi connectivity index (χ2n) is 7.14. The lowest BCUT2D eigenvalue weighted by Crippen LogP contribution is -2.32. The first-order valence-corrected chi connectivity index (χ1v) is 10.4. The second kappa shape index (κ2) is 8.71. The van der Waals surface area contributed by atoms with Crippen LogP contribution in [0.4, 0.5) is 4.79 Å². The minimum atomic E-state index is -1.00. The van der Waals surface area contributed by atoms with Crippen molar-refractivity contribution in [2.24, 2.45) is 0 Å². The summed E-state index contributed by atoms with van der Waals surface area (Å²) in [5, 5.41) is 12.0. The molecule has 0 fully saturated rings. The molecule has 152 valence electrons. The van der Waals surface area contributed by atoms with Gasteiger partial charge in [0, 0.05) is 10.4 Å². The van der Waals surface area contributed by atoms with Crippen molar-refractivity contribution in [3.63, 3.8) is 0 Å². The van der Waals surface area contributed by atoms with E-state index in [0.717, 1.165) is 26.7 Å². The Morgan fingerprint density at radius 2 is 1.50 bits per heavy atom. The zero-order chi connectivity index (χ0) is 21.1. The van der Waals surface area contributed by atoms with E-state index in [2.05, 4.69) is 45.5 Å². The Hall–Kier alpha value is -3.12. The molecule has 5 nitrogen and oxygen atoms in total. The zero-order valence-electron chi connectivity index (χ0n) is 16.0. The molecule has 1 aliphatic carbocycles. The first-order chi connectivity index (χ1) is 14.5. The molecule has 3 aromatic rings. The first-order valence-electron chi connectivity index (χ1n) is 9.62. The van der Waals surface area contributed by atoms with E-state index in [1.54, 1.807) is 12.1 Å². The molecule has 0 bridgehead atoms. The second-order valence-corrected chi connectivity index (χ2v) is 8.00. The van der Waals surface area contributed by atoms with Crippen LogP contribution in [0, 0.1) is 0 Å². The van der Waals surface area contributed by atoms with Crippen LogP contribution in [-0.2, 0) is 9.53 Å². The summed E-state index contributed by atoms with van der Waals surface area (Å²) in [5.41, 5.74) is 5.24. The van der Waals surface area contributed by atoms with E-state index in [1.807, 2.05) is 36.4 Å². The fourth-order valence-corrected chi connectivity index (χ4v) is 4.51. The molecule has 30 heavy (non-hydrogen) atoms. The van der Waals surface area contributed by atoms with Crippen molar-refractivity contribution in [3.8, 4) is 11.1 Å². The molecule has 0 aromatic heterocycles. The maximum atomic E-state index is 12.6. The predicted molar refractivity (Wildman–Crippen MR) is 117 cm³/mol. The third-order valence-electron chi connectivity index (χ3n) is 5.30. The molecule has 1 aliphatic rings. The molecule has 1 atom stereocenters. The molecule has 3 aromatic carbocycles. The first kappa shape index (κ1) is 20.2. The van der Waals surface area contributed by atoms with Crippen LogP contribution in [0.2, 0.25) is 0 Å². The largest absolute Gasteiger partial charge is 0.481 e. The highest BCUT2D eigenvalue weighted by Crippen LogP contribution is 2.44. The van der Waals surface area contributed by atoms with Gasteiger partial charge in [0.2, 0.25) is 0 Å². The monoisotopic (exact) mass is 465 g/mol. The van der Waals surface area contributed by atoms with Gasteiger partial charge < -0.3 is 15.2 Å². The van der Waals surface area contributed by atoms with Crippen molar-refractivity contribution in [2.45, 2.75) is 18.4 Å². The summed E-state index contributed by atoms with van der Waals surface area (Å²) in [7, 11) is 0. The Labute approximate surface area is 182 Å². The van der Waals surface area contributed by atoms with Gasteiger partial charge >= 0.3 is 12.1 Å². The van der Waals surface area contributed by atoms with Crippen LogP contribution in [-0.4, -0.2) is 23.8 Å². The fourth-order valence-electron chi connectivity index (χ4n) is 3.95. The van der Waals surface area contributed by atoms with Crippen molar-refractivity contribution >= 4 is 28.0 Å². The summed E-state index contributed by atoms with van der Waals surface area (Å²) in [6.45, 7) is 0.176. The number of nitrogens with one attached hydrogen (secondary N) is 1. The number of alkyl carbamates (subject to hydrolysis) is 1. The number of ether oxygens (including phenoxy) is 1. The number of fused-ring (bicyclic) bond motifs is 3. The van der Waals surface area contributed by atoms with E-state index in [0.29, 0.717) is 5.56 Å². The van der Waals surface area contributed by atoms with Gasteiger partial charge in [-0.1, -0.05) is 82.7 Å². The Morgan fingerprint density at radius 3 is 2.10 bits per heavy atom. The van der Waals surface area contributed by atoms with Gasteiger partial charge in [-0.05, 0) is 33.9 Å². The molecular formula is C24H20BrNO4. The average molecular weight is 466 g/mol. The van der Waals surface area contributed by atoms with Crippen LogP contribution in [0.1, 0.15) is 35.1 Å². The topological polar surface area (TPSA) is 75.6 Å². The van der Waals surface area contributed by atoms with Gasteiger partial charge in [-0.15, -0.1) is 0 Å². The van der Waals surface area contributed by atoms with E-state index in [4.69, 9.17) is 4.74 Å². The molecule has 1 amide bonds. The number of rotatable bonds is 6. The summed E-state index contributed by atoms with van der Waals surface area (Å²) in [5.74, 6) is -1.06. The van der Waals surface area contributed by atoms with Crippen molar-refractivity contribution in [1.29, 1.82) is 0 Å². The number of halogens is 1. The lowest BCUT2D eigenvalue weighted by atomic mass is 9.98. The molecule has 0 heterocycles. The van der Waals surface area contributed by atoms with E-state index >= 15 is 0 Å². The van der Waals surface area contributed by atoms with Gasteiger partial charge in [0.15, 0.2) is 0 Å². The van der Waals surface area contributed by atoms with Crippen LogP contribution in [0.3, 0.4) is 0 Å². The maximum Gasteiger partial charge on any atom is 0.407 e. The van der Waals surface area contributed by atoms with E-state index in [9.17, 15) is 14.7 Å². The van der Waals surface area contributed by atoms with Crippen molar-refractivity contribution in [3.05, 3.63) is 94.0 Å². The van der Waals surface area contributed by atoms with Gasteiger partial charge in [0.1, 0.15) is 6.61 Å². The molecule has 0 aliphatic heterocycles. The molecule has 0 unspecified atom stereocenters. The minimum Gasteiger partial charge on any atom is -0.481 e. The molecule has 2 N–H and O–H groups in total. The summed E-state index contributed by atoms with van der Waals surface area (Å²) in [6.07, 6.45) is -0.883. The van der Waals surface area contributed by atoms with Crippen molar-refractivity contribution < 1.29 is 19.4 Å². The van der Waals surface area contributed by atoms with Gasteiger partial charge in [0.25, 0.3) is 0 Å². The average Bonchev–Trinajstić information content (AvgIpc) is 3.06. The van der Waals surface area contributed by atoms with E-state index in [-0.39, 0.29) is 18.9 Å². The maximum absolute atomic E-state index is 12.6. The smallest absolute Gasteiger partial charge is 0.407 e. The number of amides is 1. The van der Waals surface area contributed by atoms with E-state index in [1.165, 1.54) is 0 Å². The molecule has 0 saturated heterocycles. The zero-order valence-corrected chi connectivity index (χ0v) is 17.6. The highest BCUT2D eigenvalue weighted by Gasteiger charge is 2.29. The van der Waals surface area contributed by atoms with Crippen LogP contribution >= 0.6 is 15.9 Å². The van der Waals surface area contributed by atoms with Crippen LogP contribution in [0.25, 0.3) is 11.1 Å². The van der Waals surface area contributed by atoms with E-state index < -0.39 is 18.1 Å². The van der Waals surface area contributed by atoms with Crippen molar-refractivity contribution in [2.75, 3.05) is 6.61 Å². The Kier molecular flexibility index (Phi) is 5.86. The SMILES string of the molecule is O=C(O)C[C@@H](NC(=O)OCC1c2ccccc2-c2ccccc21)c1ccccc1Br. The third kappa shape index (κ3) is 4.09. The van der Waals surface area contributed by atoms with Crippen LogP contribution in [0.5, 0.6) is 0 Å². The highest BCUT2D eigenvalue weighted by atomic mass is 79.9. The summed E-state index contributed by atoms with van der Waals surface area (Å²) in [6, 6.07) is 22.7. The van der Waals surface area contributed by atoms with Crippen LogP contribution in [0.15, 0.2) is 77.3 Å². The van der Waals surface area contributed by atoms with Gasteiger partial charge in [-0.25, -0.2) is 4.79 Å². The number of benzene rings is 3. The summed E-state index contributed by atoms with van der Waals surface area (Å²) < 4.78 is 6.29. The summed E-state index contributed by atoms with van der Waals surface area (Å²) in [4.78, 5) is 23.9. The molecule has 0 saturated carbocycles. The van der Waals surface area contributed by atoms with Gasteiger partial charge in [-0.3, -0.25) is 4.79 Å². The number of hydrogen-bond donors (Lipinski definition) is 2. The highest BCUT2D eigenvalue weighted by molar-refractivity contribution is 9.10. The fraction of sp³-hybridized carbons (Fsp3) is 0.167. The van der Waals surface area contributed by atoms with Gasteiger partial charge in [0.05, 0.1) is 12.5 Å². The standard InChI is InChI=1S/C24H20BrNO4/c25-21-12-6-5-11-19(21)22(13-23(27)28)26-24(29)30-14-20-17-9-3-1-7-15(17)16-8-2-4-10-18(16)20/h1-12,20,22H,13-14H2,(H,26,29)(H,27,28)/t22-/m1/s1. The number of hydrogen-bond acceptors (Lipinski definition) is 3. The summed E-state index contributed by atoms with van der Waals surface area (Å²) >= 11 is 3.42. The Morgan fingerprint density at radius 1 is 0.933 bits per heavy atom. The van der Waals surface area contributed by atoms with Crippen LogP contribution < -0.4 is 5.32 Å². The lowest BCUT2D eigenvalue weighted by molar-refractivity contribution is -0.137. The number of carbonyl (C=O) groups is 2. The van der Waals surface area contributed by atoms with Gasteiger partial charge in [-0.2, -0.15) is 0 Å². The predicted octanol–water partition coefficient (Wildman–Crippen LogP) is 5.50. The third-order valence-corrected chi connectivity index (χ3v) is 6.02. The molecular weight excluding hydrogens is 446 g/mol. The number of carboxylic acids is 1. The minimum absolute atomic E-state index is 0.0514. The Bertz CT molecular complexity index is 1050. The normalized spacial score (nSPS) is 13.2. The molecule has 0 spiro atoms. The Balaban J connectivity index is 1.49. The molecule has 6 heteroatoms. The molecule has 4 rings (SSSR count).